The average molecular weight is 334 g/mol. The lowest BCUT2D eigenvalue weighted by Crippen LogP contribution is -2.45. The Hall–Kier alpha value is -1.16. The number of allylic oxidation sites excluding steroid dienone is 1. The van der Waals surface area contributed by atoms with Crippen LogP contribution in [-0.4, -0.2) is 29.1 Å². The topological polar surface area (TPSA) is 63.6 Å². The molecule has 134 valence electrons. The van der Waals surface area contributed by atoms with Crippen LogP contribution in [0.15, 0.2) is 11.1 Å². The molecule has 2 fully saturated rings. The second-order valence-corrected chi connectivity index (χ2v) is 9.28. The van der Waals surface area contributed by atoms with Gasteiger partial charge in [0.1, 0.15) is 6.61 Å². The fraction of sp³-hybridized carbons (Fsp3) is 0.800. The lowest BCUT2D eigenvalue weighted by molar-refractivity contribution is -0.147. The van der Waals surface area contributed by atoms with Gasteiger partial charge in [-0.25, -0.2) is 0 Å². The number of esters is 1. The van der Waals surface area contributed by atoms with Gasteiger partial charge < -0.3 is 9.84 Å². The second kappa shape index (κ2) is 5.42. The molecule has 0 aliphatic heterocycles. The van der Waals surface area contributed by atoms with E-state index in [4.69, 9.17) is 4.74 Å². The van der Waals surface area contributed by atoms with Crippen molar-refractivity contribution in [1.82, 2.24) is 0 Å². The van der Waals surface area contributed by atoms with E-state index in [1.807, 2.05) is 0 Å². The summed E-state index contributed by atoms with van der Waals surface area (Å²) >= 11 is 0. The van der Waals surface area contributed by atoms with Crippen LogP contribution in [0.25, 0.3) is 0 Å². The molecule has 0 radical (unpaired) electrons. The van der Waals surface area contributed by atoms with Gasteiger partial charge in [0.15, 0.2) is 5.78 Å². The van der Waals surface area contributed by atoms with Gasteiger partial charge in [-0.15, -0.1) is 0 Å². The van der Waals surface area contributed by atoms with Crippen molar-refractivity contribution in [2.24, 2.45) is 22.7 Å². The van der Waals surface area contributed by atoms with Gasteiger partial charge in [-0.1, -0.05) is 26.3 Å². The van der Waals surface area contributed by atoms with Crippen LogP contribution in [-0.2, 0) is 14.3 Å². The molecule has 0 unspecified atom stereocenters. The minimum absolute atomic E-state index is 0.0367. The van der Waals surface area contributed by atoms with Crippen molar-refractivity contribution >= 4 is 11.8 Å². The number of rotatable bonds is 4. The van der Waals surface area contributed by atoms with E-state index >= 15 is 0 Å². The largest absolute Gasteiger partial charge is 0.461 e. The highest BCUT2D eigenvalue weighted by Crippen LogP contribution is 2.71. The molecule has 24 heavy (non-hydrogen) atoms. The van der Waals surface area contributed by atoms with Crippen LogP contribution >= 0.6 is 0 Å². The Morgan fingerprint density at radius 3 is 2.62 bits per heavy atom. The van der Waals surface area contributed by atoms with Gasteiger partial charge >= 0.3 is 5.97 Å². The minimum Gasteiger partial charge on any atom is -0.461 e. The van der Waals surface area contributed by atoms with Crippen LogP contribution in [0.5, 0.6) is 0 Å². The molecular formula is C20H30O4. The van der Waals surface area contributed by atoms with E-state index in [-0.39, 0.29) is 29.6 Å². The van der Waals surface area contributed by atoms with Gasteiger partial charge in [-0.2, -0.15) is 0 Å². The number of aliphatic hydroxyl groups is 1. The summed E-state index contributed by atoms with van der Waals surface area (Å²) in [5, 5.41) is 9.73. The number of hydrogen-bond donors (Lipinski definition) is 1. The fourth-order valence-corrected chi connectivity index (χ4v) is 5.68. The van der Waals surface area contributed by atoms with E-state index in [2.05, 4.69) is 20.8 Å². The zero-order valence-electron chi connectivity index (χ0n) is 15.6. The summed E-state index contributed by atoms with van der Waals surface area (Å²) in [7, 11) is 0. The predicted octanol–water partition coefficient (Wildman–Crippen LogP) is 3.42. The van der Waals surface area contributed by atoms with Gasteiger partial charge in [-0.05, 0) is 50.4 Å². The Morgan fingerprint density at radius 2 is 2.00 bits per heavy atom. The van der Waals surface area contributed by atoms with E-state index in [0.29, 0.717) is 18.3 Å². The molecule has 0 aromatic rings. The van der Waals surface area contributed by atoms with Crippen molar-refractivity contribution in [3.8, 4) is 0 Å². The summed E-state index contributed by atoms with van der Waals surface area (Å²) in [4.78, 5) is 24.6. The first-order chi connectivity index (χ1) is 11.0. The molecule has 1 spiro atoms. The Bertz CT molecular complexity index is 608. The number of carbonyl (C=O) groups is 2. The average Bonchev–Trinajstić information content (AvgIpc) is 2.75. The molecule has 2 bridgehead atoms. The Morgan fingerprint density at radius 1 is 1.33 bits per heavy atom. The number of Topliss-reactive ketones (excluding diaryl/α,β-unsaturated/α-hetero) is 1. The summed E-state index contributed by atoms with van der Waals surface area (Å²) in [5.74, 6) is 0.826. The number of carbonyl (C=O) groups excluding carboxylic acids is 2. The van der Waals surface area contributed by atoms with Crippen LogP contribution in [0.2, 0.25) is 0 Å². The maximum atomic E-state index is 12.7. The zero-order chi connectivity index (χ0) is 17.9. The Labute approximate surface area is 144 Å². The molecule has 1 N–H and O–H groups in total. The normalized spacial score (nSPS) is 34.5. The van der Waals surface area contributed by atoms with Crippen molar-refractivity contribution in [3.05, 3.63) is 11.1 Å². The smallest absolute Gasteiger partial charge is 0.309 e. The molecule has 0 aromatic heterocycles. The van der Waals surface area contributed by atoms with Crippen LogP contribution < -0.4 is 0 Å². The monoisotopic (exact) mass is 334 g/mol. The first kappa shape index (κ1) is 17.7. The Kier molecular flexibility index (Phi) is 3.99. The minimum atomic E-state index is -1.09. The summed E-state index contributed by atoms with van der Waals surface area (Å²) in [6.07, 6.45) is 3.89. The van der Waals surface area contributed by atoms with E-state index < -0.39 is 11.6 Å². The summed E-state index contributed by atoms with van der Waals surface area (Å²) in [6.45, 7) is 10.1. The third-order valence-corrected chi connectivity index (χ3v) is 7.04. The van der Waals surface area contributed by atoms with Gasteiger partial charge in [0.2, 0.25) is 0 Å². The summed E-state index contributed by atoms with van der Waals surface area (Å²) < 4.78 is 5.35. The molecule has 0 amide bonds. The van der Waals surface area contributed by atoms with Crippen LogP contribution in [0.3, 0.4) is 0 Å². The maximum absolute atomic E-state index is 12.7. The zero-order valence-corrected chi connectivity index (χ0v) is 15.6. The molecule has 0 saturated heterocycles. The molecule has 3 aliphatic rings. The quantitative estimate of drug-likeness (QED) is 0.800. The van der Waals surface area contributed by atoms with Crippen molar-refractivity contribution in [2.45, 2.75) is 72.3 Å². The number of ketones is 1. The van der Waals surface area contributed by atoms with Gasteiger partial charge in [-0.3, -0.25) is 9.59 Å². The number of fused-ring (bicyclic) bond motifs is 1. The summed E-state index contributed by atoms with van der Waals surface area (Å²) in [6, 6.07) is 0. The highest BCUT2D eigenvalue weighted by atomic mass is 16.5. The molecular weight excluding hydrogens is 304 g/mol. The number of hydrogen-bond acceptors (Lipinski definition) is 4. The lowest BCUT2D eigenvalue weighted by atomic mass is 9.53. The molecule has 4 nitrogen and oxygen atoms in total. The first-order valence-electron chi connectivity index (χ1n) is 9.13. The van der Waals surface area contributed by atoms with Crippen molar-refractivity contribution < 1.29 is 19.4 Å². The summed E-state index contributed by atoms with van der Waals surface area (Å²) in [5.41, 5.74) is 1.02. The van der Waals surface area contributed by atoms with E-state index in [9.17, 15) is 14.7 Å². The van der Waals surface area contributed by atoms with E-state index in [1.54, 1.807) is 13.8 Å². The van der Waals surface area contributed by atoms with E-state index in [1.165, 1.54) is 18.4 Å². The molecule has 3 atom stereocenters. The molecule has 4 heteroatoms. The first-order valence-corrected chi connectivity index (χ1v) is 9.13. The molecule has 3 rings (SSSR count). The van der Waals surface area contributed by atoms with Crippen LogP contribution in [0.4, 0.5) is 0 Å². The van der Waals surface area contributed by atoms with Crippen molar-refractivity contribution in [1.29, 1.82) is 0 Å². The third-order valence-electron chi connectivity index (χ3n) is 7.04. The molecule has 3 aliphatic carbocycles. The van der Waals surface area contributed by atoms with E-state index in [0.717, 1.165) is 12.0 Å². The lowest BCUT2D eigenvalue weighted by Gasteiger charge is -2.51. The molecule has 0 heterocycles. The van der Waals surface area contributed by atoms with Gasteiger partial charge in [0, 0.05) is 17.4 Å². The van der Waals surface area contributed by atoms with Crippen molar-refractivity contribution in [2.75, 3.05) is 6.61 Å². The fourth-order valence-electron chi connectivity index (χ4n) is 5.68. The highest BCUT2D eigenvalue weighted by molar-refractivity contribution is 6.01. The van der Waals surface area contributed by atoms with Crippen LogP contribution in [0, 0.1) is 22.7 Å². The molecule has 2 saturated carbocycles. The molecule has 0 aromatic carbocycles. The van der Waals surface area contributed by atoms with Gasteiger partial charge in [0.05, 0.1) is 12.0 Å². The van der Waals surface area contributed by atoms with Gasteiger partial charge in [0.25, 0.3) is 0 Å². The van der Waals surface area contributed by atoms with Crippen LogP contribution in [0.1, 0.15) is 66.7 Å². The Balaban J connectivity index is 1.85. The maximum Gasteiger partial charge on any atom is 0.309 e. The predicted molar refractivity (Wildman–Crippen MR) is 91.2 cm³/mol. The second-order valence-electron chi connectivity index (χ2n) is 9.28. The number of ether oxygens (including phenoxy) is 1. The highest BCUT2D eigenvalue weighted by Gasteiger charge is 2.65. The SMILES string of the molecule is C[C@@H]1CC[C@@H]2CC3=C(COC(=O)CC(C)(C)O)C(=O)C[C@@]31C2(C)C. The standard InChI is InChI=1S/C20H30O4/c1-12-6-7-13-8-15-14(11-24-17(22)10-18(2,3)23)16(21)9-20(12,15)19(13,4)5/h12-13,23H,6-11H2,1-5H3/t12-,13-,20+/m1/s1. The third kappa shape index (κ3) is 2.45. The van der Waals surface area contributed by atoms with Crippen molar-refractivity contribution in [3.63, 3.8) is 0 Å².